The number of carbonyl (C=O) groups is 1. The van der Waals surface area contributed by atoms with Crippen LogP contribution < -0.4 is 4.74 Å². The molecule has 0 N–H and O–H groups in total. The minimum absolute atomic E-state index is 0.173. The molecule has 0 bridgehead atoms. The van der Waals surface area contributed by atoms with Crippen molar-refractivity contribution in [3.63, 3.8) is 0 Å². The van der Waals surface area contributed by atoms with Crippen molar-refractivity contribution in [3.8, 4) is 5.75 Å². The number of ketones is 1. The molecule has 3 heteroatoms. The van der Waals surface area contributed by atoms with E-state index in [9.17, 15) is 4.79 Å². The largest absolute Gasteiger partial charge is 0.497 e. The zero-order valence-electron chi connectivity index (χ0n) is 14.2. The number of hydrogen-bond donors (Lipinski definition) is 0. The second-order valence-corrected chi connectivity index (χ2v) is 5.95. The Morgan fingerprint density at radius 2 is 1.70 bits per heavy atom. The highest BCUT2D eigenvalue weighted by atomic mass is 16.5. The van der Waals surface area contributed by atoms with Crippen LogP contribution in [0.25, 0.3) is 0 Å². The molecule has 0 aliphatic heterocycles. The lowest BCUT2D eigenvalue weighted by Crippen LogP contribution is -2.32. The van der Waals surface area contributed by atoms with Gasteiger partial charge in [0.15, 0.2) is 5.78 Å². The van der Waals surface area contributed by atoms with Crippen LogP contribution in [-0.2, 0) is 6.54 Å². The van der Waals surface area contributed by atoms with Gasteiger partial charge in [0, 0.05) is 31.1 Å². The van der Waals surface area contributed by atoms with Crippen LogP contribution in [0.15, 0.2) is 54.6 Å². The molecule has 0 amide bonds. The summed E-state index contributed by atoms with van der Waals surface area (Å²) in [6.07, 6.45) is 0.525. The second kappa shape index (κ2) is 8.49. The number of ether oxygens (including phenoxy) is 1. The summed E-state index contributed by atoms with van der Waals surface area (Å²) >= 11 is 0. The summed E-state index contributed by atoms with van der Waals surface area (Å²) in [5, 5.41) is 0. The normalized spacial score (nSPS) is 11.0. The predicted molar refractivity (Wildman–Crippen MR) is 93.9 cm³/mol. The van der Waals surface area contributed by atoms with Crippen LogP contribution in [0.2, 0.25) is 0 Å². The molecule has 3 nitrogen and oxygen atoms in total. The third-order valence-electron chi connectivity index (χ3n) is 4.00. The smallest absolute Gasteiger partial charge is 0.164 e. The van der Waals surface area contributed by atoms with E-state index in [0.717, 1.165) is 24.4 Å². The van der Waals surface area contributed by atoms with Gasteiger partial charge in [-0.1, -0.05) is 30.3 Å². The van der Waals surface area contributed by atoms with Crippen LogP contribution in [0.3, 0.4) is 0 Å². The topological polar surface area (TPSA) is 29.5 Å². The van der Waals surface area contributed by atoms with Gasteiger partial charge in [0.25, 0.3) is 0 Å². The number of benzene rings is 2. The zero-order valence-corrected chi connectivity index (χ0v) is 14.2. The first-order chi connectivity index (χ1) is 11.1. The average molecular weight is 311 g/mol. The molecule has 23 heavy (non-hydrogen) atoms. The van der Waals surface area contributed by atoms with E-state index in [0.29, 0.717) is 12.5 Å². The summed E-state index contributed by atoms with van der Waals surface area (Å²) in [6, 6.07) is 18.1. The van der Waals surface area contributed by atoms with Gasteiger partial charge in [-0.15, -0.1) is 0 Å². The minimum Gasteiger partial charge on any atom is -0.497 e. The van der Waals surface area contributed by atoms with Crippen molar-refractivity contribution < 1.29 is 9.53 Å². The van der Waals surface area contributed by atoms with Gasteiger partial charge < -0.3 is 4.74 Å². The highest BCUT2D eigenvalue weighted by Crippen LogP contribution is 2.14. The molecule has 0 fully saturated rings. The van der Waals surface area contributed by atoms with Crippen molar-refractivity contribution in [2.24, 2.45) is 0 Å². The van der Waals surface area contributed by atoms with Crippen LogP contribution in [0, 0.1) is 0 Å². The highest BCUT2D eigenvalue weighted by Gasteiger charge is 2.13. The van der Waals surface area contributed by atoms with Crippen molar-refractivity contribution in [2.45, 2.75) is 32.9 Å². The SMILES string of the molecule is COc1ccc(C(=O)CCN(Cc2ccccc2)C(C)C)cc1. The van der Waals surface area contributed by atoms with E-state index < -0.39 is 0 Å². The van der Waals surface area contributed by atoms with E-state index >= 15 is 0 Å². The lowest BCUT2D eigenvalue weighted by Gasteiger charge is -2.26. The zero-order chi connectivity index (χ0) is 16.7. The minimum atomic E-state index is 0.173. The summed E-state index contributed by atoms with van der Waals surface area (Å²) in [7, 11) is 1.63. The average Bonchev–Trinajstić information content (AvgIpc) is 2.59. The van der Waals surface area contributed by atoms with Crippen LogP contribution >= 0.6 is 0 Å². The molecule has 0 aromatic heterocycles. The molecule has 2 rings (SSSR count). The molecule has 2 aromatic carbocycles. The number of Topliss-reactive ketones (excluding diaryl/α,β-unsaturated/α-hetero) is 1. The van der Waals surface area contributed by atoms with E-state index in [-0.39, 0.29) is 5.78 Å². The first kappa shape index (κ1) is 17.2. The Morgan fingerprint density at radius 3 is 2.26 bits per heavy atom. The number of methoxy groups -OCH3 is 1. The number of carbonyl (C=O) groups excluding carboxylic acids is 1. The summed E-state index contributed by atoms with van der Waals surface area (Å²) in [4.78, 5) is 14.7. The number of nitrogens with zero attached hydrogens (tertiary/aromatic N) is 1. The molecular weight excluding hydrogens is 286 g/mol. The number of hydrogen-bond acceptors (Lipinski definition) is 3. The first-order valence-corrected chi connectivity index (χ1v) is 8.05. The number of rotatable bonds is 8. The third-order valence-corrected chi connectivity index (χ3v) is 4.00. The summed E-state index contributed by atoms with van der Waals surface area (Å²) in [5.74, 6) is 0.945. The first-order valence-electron chi connectivity index (χ1n) is 8.05. The maximum absolute atomic E-state index is 12.4. The third kappa shape index (κ3) is 5.22. The fraction of sp³-hybridized carbons (Fsp3) is 0.350. The molecule has 0 atom stereocenters. The van der Waals surface area contributed by atoms with E-state index in [2.05, 4.69) is 43.0 Å². The molecule has 122 valence electrons. The maximum Gasteiger partial charge on any atom is 0.164 e. The molecule has 2 aromatic rings. The van der Waals surface area contributed by atoms with Crippen LogP contribution in [0.4, 0.5) is 0 Å². The highest BCUT2D eigenvalue weighted by molar-refractivity contribution is 5.96. The van der Waals surface area contributed by atoms with Gasteiger partial charge in [-0.05, 0) is 43.7 Å². The van der Waals surface area contributed by atoms with E-state index in [1.807, 2.05) is 30.3 Å². The summed E-state index contributed by atoms with van der Waals surface area (Å²) in [5.41, 5.74) is 2.02. The Balaban J connectivity index is 1.93. The second-order valence-electron chi connectivity index (χ2n) is 5.95. The molecule has 0 aliphatic carbocycles. The fourth-order valence-corrected chi connectivity index (χ4v) is 2.50. The van der Waals surface area contributed by atoms with Gasteiger partial charge in [-0.3, -0.25) is 9.69 Å². The van der Waals surface area contributed by atoms with Gasteiger partial charge in [0.05, 0.1) is 7.11 Å². The molecular formula is C20H25NO2. The molecule has 0 saturated heterocycles. The van der Waals surface area contributed by atoms with Gasteiger partial charge in [0.2, 0.25) is 0 Å². The van der Waals surface area contributed by atoms with Gasteiger partial charge in [-0.2, -0.15) is 0 Å². The van der Waals surface area contributed by atoms with E-state index in [4.69, 9.17) is 4.74 Å². The quantitative estimate of drug-likeness (QED) is 0.685. The fourth-order valence-electron chi connectivity index (χ4n) is 2.50. The van der Waals surface area contributed by atoms with E-state index in [1.165, 1.54) is 5.56 Å². The maximum atomic E-state index is 12.4. The Morgan fingerprint density at radius 1 is 1.04 bits per heavy atom. The molecule has 0 radical (unpaired) electrons. The standard InChI is InChI=1S/C20H25NO2/c1-16(2)21(15-17-7-5-4-6-8-17)14-13-20(22)18-9-11-19(23-3)12-10-18/h4-12,16H,13-15H2,1-3H3. The van der Waals surface area contributed by atoms with Gasteiger partial charge >= 0.3 is 0 Å². The Hall–Kier alpha value is -2.13. The Kier molecular flexibility index (Phi) is 6.36. The summed E-state index contributed by atoms with van der Waals surface area (Å²) < 4.78 is 5.13. The molecule has 0 spiro atoms. The van der Waals surface area contributed by atoms with E-state index in [1.54, 1.807) is 7.11 Å². The molecule has 0 saturated carbocycles. The van der Waals surface area contributed by atoms with Crippen LogP contribution in [0.5, 0.6) is 5.75 Å². The van der Waals surface area contributed by atoms with Crippen molar-refractivity contribution in [2.75, 3.05) is 13.7 Å². The molecule has 0 aliphatic rings. The lowest BCUT2D eigenvalue weighted by atomic mass is 10.1. The Labute approximate surface area is 138 Å². The monoisotopic (exact) mass is 311 g/mol. The van der Waals surface area contributed by atoms with Gasteiger partial charge in [-0.25, -0.2) is 0 Å². The van der Waals surface area contributed by atoms with Crippen LogP contribution in [0.1, 0.15) is 36.2 Å². The van der Waals surface area contributed by atoms with Crippen molar-refractivity contribution in [3.05, 3.63) is 65.7 Å². The van der Waals surface area contributed by atoms with Crippen molar-refractivity contribution >= 4 is 5.78 Å². The summed E-state index contributed by atoms with van der Waals surface area (Å²) in [6.45, 7) is 5.97. The lowest BCUT2D eigenvalue weighted by molar-refractivity contribution is 0.0952. The molecule has 0 heterocycles. The Bertz CT molecular complexity index is 605. The predicted octanol–water partition coefficient (Wildman–Crippen LogP) is 4.18. The van der Waals surface area contributed by atoms with Gasteiger partial charge in [0.1, 0.15) is 5.75 Å². The molecule has 0 unspecified atom stereocenters. The van der Waals surface area contributed by atoms with Crippen molar-refractivity contribution in [1.82, 2.24) is 4.90 Å². The van der Waals surface area contributed by atoms with Crippen molar-refractivity contribution in [1.29, 1.82) is 0 Å². The van der Waals surface area contributed by atoms with Crippen LogP contribution in [-0.4, -0.2) is 30.4 Å².